The largest absolute Gasteiger partial charge is 0.541 e. The lowest BCUT2D eigenvalue weighted by Crippen LogP contribution is -2.44. The molecule has 0 aliphatic carbocycles. The van der Waals surface area contributed by atoms with E-state index in [2.05, 4.69) is 48.8 Å². The van der Waals surface area contributed by atoms with Crippen molar-refractivity contribution in [2.45, 2.75) is 38.9 Å². The molecule has 0 aliphatic heterocycles. The lowest BCUT2D eigenvalue weighted by molar-refractivity contribution is 0.0591. The maximum atomic E-state index is 11.5. The van der Waals surface area contributed by atoms with Gasteiger partial charge in [-0.15, -0.1) is 0 Å². The van der Waals surface area contributed by atoms with E-state index in [0.29, 0.717) is 5.75 Å². The first-order valence-corrected chi connectivity index (χ1v) is 8.40. The van der Waals surface area contributed by atoms with Crippen LogP contribution in [0.2, 0.25) is 18.1 Å². The molecule has 0 saturated carbocycles. The fraction of sp³-hybridized carbons (Fsp3) is 0.636. The fourth-order valence-corrected chi connectivity index (χ4v) is 2.04. The molecule has 0 amide bonds. The van der Waals surface area contributed by atoms with Crippen molar-refractivity contribution in [1.29, 1.82) is 0 Å². The van der Waals surface area contributed by atoms with E-state index in [4.69, 9.17) is 4.43 Å². The normalized spacial score (nSPS) is 12.4. The summed E-state index contributed by atoms with van der Waals surface area (Å²) in [4.78, 5) is 11.5. The van der Waals surface area contributed by atoms with Crippen LogP contribution in [0.3, 0.4) is 0 Å². The van der Waals surface area contributed by atoms with Crippen LogP contribution in [-0.4, -0.2) is 31.6 Å². The van der Waals surface area contributed by atoms with Gasteiger partial charge in [0.25, 0.3) is 8.32 Å². The molecule has 0 aromatic carbocycles. The molecule has 1 aromatic heterocycles. The minimum atomic E-state index is -1.97. The van der Waals surface area contributed by atoms with Gasteiger partial charge in [-0.25, -0.2) is 4.79 Å². The summed E-state index contributed by atoms with van der Waals surface area (Å²) < 4.78 is 10.7. The highest BCUT2D eigenvalue weighted by Gasteiger charge is 2.40. The number of hydrogen-bond acceptors (Lipinski definition) is 4. The summed E-state index contributed by atoms with van der Waals surface area (Å²) in [5, 5.41) is 6.50. The van der Waals surface area contributed by atoms with E-state index in [1.165, 1.54) is 13.3 Å². The smallest absolute Gasteiger partial charge is 0.359 e. The molecule has 0 fully saturated rings. The van der Waals surface area contributed by atoms with Gasteiger partial charge in [0.15, 0.2) is 11.4 Å². The third kappa shape index (κ3) is 2.88. The molecule has 0 unspecified atom stereocenters. The first-order chi connectivity index (χ1) is 7.69. The Morgan fingerprint density at radius 2 is 2.00 bits per heavy atom. The van der Waals surface area contributed by atoms with Crippen LogP contribution in [0.15, 0.2) is 6.20 Å². The molecule has 1 heterocycles. The number of rotatable bonds is 3. The number of nitrogens with one attached hydrogen (secondary N) is 1. The molecular formula is C11H20N2O3Si. The Bertz CT molecular complexity index is 407. The molecule has 1 rings (SSSR count). The van der Waals surface area contributed by atoms with Crippen molar-refractivity contribution in [2.24, 2.45) is 0 Å². The minimum absolute atomic E-state index is 0.0671. The Morgan fingerprint density at radius 1 is 1.41 bits per heavy atom. The van der Waals surface area contributed by atoms with Gasteiger partial charge in [0.1, 0.15) is 0 Å². The standard InChI is InChI=1S/C11H20N2O3Si/c1-11(2,3)17(5,6)16-8-7-12-13-9(8)10(14)15-4/h7H,1-6H3,(H,12,13). The SMILES string of the molecule is COC(=O)c1[nH]ncc1O[Si](C)(C)C(C)(C)C. The number of carbonyl (C=O) groups is 1. The van der Waals surface area contributed by atoms with E-state index < -0.39 is 14.3 Å². The van der Waals surface area contributed by atoms with E-state index in [9.17, 15) is 4.79 Å². The fourth-order valence-electron chi connectivity index (χ4n) is 1.03. The van der Waals surface area contributed by atoms with Gasteiger partial charge < -0.3 is 9.16 Å². The van der Waals surface area contributed by atoms with Gasteiger partial charge in [-0.2, -0.15) is 5.10 Å². The molecule has 1 N–H and O–H groups in total. The Hall–Kier alpha value is -1.30. The van der Waals surface area contributed by atoms with Crippen molar-refractivity contribution in [3.63, 3.8) is 0 Å². The summed E-state index contributed by atoms with van der Waals surface area (Å²) in [6.07, 6.45) is 1.52. The van der Waals surface area contributed by atoms with Crippen molar-refractivity contribution in [3.8, 4) is 5.75 Å². The zero-order valence-corrected chi connectivity index (χ0v) is 12.2. The number of methoxy groups -OCH3 is 1. The van der Waals surface area contributed by atoms with Crippen LogP contribution in [0, 0.1) is 0 Å². The number of aromatic amines is 1. The second-order valence-corrected chi connectivity index (χ2v) is 10.2. The minimum Gasteiger partial charge on any atom is -0.541 e. The molecule has 0 spiro atoms. The third-order valence-corrected chi connectivity index (χ3v) is 7.51. The molecule has 0 aliphatic rings. The highest BCUT2D eigenvalue weighted by molar-refractivity contribution is 6.74. The van der Waals surface area contributed by atoms with Crippen LogP contribution in [0.1, 0.15) is 31.3 Å². The molecule has 0 atom stereocenters. The van der Waals surface area contributed by atoms with E-state index in [1.807, 2.05) is 0 Å². The number of hydrogen-bond donors (Lipinski definition) is 1. The number of nitrogens with zero attached hydrogens (tertiary/aromatic N) is 1. The zero-order valence-electron chi connectivity index (χ0n) is 11.2. The van der Waals surface area contributed by atoms with Crippen molar-refractivity contribution in [3.05, 3.63) is 11.9 Å². The second-order valence-electron chi connectivity index (χ2n) is 5.46. The van der Waals surface area contributed by atoms with Gasteiger partial charge in [-0.05, 0) is 18.1 Å². The van der Waals surface area contributed by atoms with Crippen molar-refractivity contribution >= 4 is 14.3 Å². The van der Waals surface area contributed by atoms with Crippen LogP contribution in [-0.2, 0) is 4.74 Å². The van der Waals surface area contributed by atoms with E-state index in [1.54, 1.807) is 0 Å². The van der Waals surface area contributed by atoms with E-state index in [-0.39, 0.29) is 10.7 Å². The van der Waals surface area contributed by atoms with Crippen LogP contribution in [0.5, 0.6) is 5.75 Å². The molecule has 6 heteroatoms. The Morgan fingerprint density at radius 3 is 2.47 bits per heavy atom. The average molecular weight is 256 g/mol. The number of esters is 1. The highest BCUT2D eigenvalue weighted by Crippen LogP contribution is 2.37. The van der Waals surface area contributed by atoms with Crippen molar-refractivity contribution in [2.75, 3.05) is 7.11 Å². The van der Waals surface area contributed by atoms with Crippen LogP contribution < -0.4 is 4.43 Å². The van der Waals surface area contributed by atoms with Gasteiger partial charge in [0.05, 0.1) is 13.3 Å². The average Bonchev–Trinajstić information content (AvgIpc) is 2.62. The quantitative estimate of drug-likeness (QED) is 0.667. The summed E-state index contributed by atoms with van der Waals surface area (Å²) in [6, 6.07) is 0. The number of carbonyl (C=O) groups excluding carboxylic acids is 1. The van der Waals surface area contributed by atoms with Crippen LogP contribution in [0.4, 0.5) is 0 Å². The Balaban J connectivity index is 2.97. The molecule has 5 nitrogen and oxygen atoms in total. The maximum absolute atomic E-state index is 11.5. The van der Waals surface area contributed by atoms with Crippen molar-refractivity contribution < 1.29 is 14.0 Å². The highest BCUT2D eigenvalue weighted by atomic mass is 28.4. The summed E-state index contributed by atoms with van der Waals surface area (Å²) >= 11 is 0. The lowest BCUT2D eigenvalue weighted by Gasteiger charge is -2.36. The van der Waals surface area contributed by atoms with Gasteiger partial charge in [0.2, 0.25) is 0 Å². The molecule has 17 heavy (non-hydrogen) atoms. The molecule has 0 bridgehead atoms. The van der Waals surface area contributed by atoms with Gasteiger partial charge in [-0.3, -0.25) is 5.10 Å². The predicted octanol–water partition coefficient (Wildman–Crippen LogP) is 2.58. The monoisotopic (exact) mass is 256 g/mol. The summed E-state index contributed by atoms with van der Waals surface area (Å²) in [5.41, 5.74) is 0.275. The summed E-state index contributed by atoms with van der Waals surface area (Å²) in [6.45, 7) is 10.6. The lowest BCUT2D eigenvalue weighted by atomic mass is 10.2. The molecule has 96 valence electrons. The Kier molecular flexibility index (Phi) is 3.66. The molecule has 0 saturated heterocycles. The van der Waals surface area contributed by atoms with E-state index >= 15 is 0 Å². The molecular weight excluding hydrogens is 236 g/mol. The second kappa shape index (κ2) is 4.52. The number of H-pyrrole nitrogens is 1. The Labute approximate surface area is 103 Å². The van der Waals surface area contributed by atoms with Gasteiger partial charge in [-0.1, -0.05) is 20.8 Å². The number of aromatic nitrogens is 2. The molecule has 0 radical (unpaired) electrons. The first kappa shape index (κ1) is 13.8. The van der Waals surface area contributed by atoms with E-state index in [0.717, 1.165) is 0 Å². The third-order valence-electron chi connectivity index (χ3n) is 3.17. The van der Waals surface area contributed by atoms with Crippen molar-refractivity contribution in [1.82, 2.24) is 10.2 Å². The summed E-state index contributed by atoms with van der Waals surface area (Å²) in [5.74, 6) is 0.0136. The first-order valence-electron chi connectivity index (χ1n) is 5.50. The van der Waals surface area contributed by atoms with Crippen LogP contribution in [0.25, 0.3) is 0 Å². The predicted molar refractivity (Wildman–Crippen MR) is 67.8 cm³/mol. The zero-order chi connectivity index (χ0) is 13.3. The van der Waals surface area contributed by atoms with Gasteiger partial charge in [0, 0.05) is 0 Å². The maximum Gasteiger partial charge on any atom is 0.359 e. The van der Waals surface area contributed by atoms with Crippen LogP contribution >= 0.6 is 0 Å². The van der Waals surface area contributed by atoms with Gasteiger partial charge >= 0.3 is 5.97 Å². The topological polar surface area (TPSA) is 64.2 Å². The summed E-state index contributed by atoms with van der Waals surface area (Å²) in [7, 11) is -0.635. The molecule has 1 aromatic rings. The number of ether oxygens (including phenoxy) is 1.